The Balaban J connectivity index is 2.20. The maximum atomic E-state index is 12.7. The highest BCUT2D eigenvalue weighted by Crippen LogP contribution is 2.52. The standard InChI is InChI=1S/C18H26F3NO/c1-3-13(2)10-16(12-22)8-9-17(23,11-16)14-4-6-15(7-5-14)18(19,20)21/h4-7,13,23H,3,8-12,22H2,1-2H3. The third kappa shape index (κ3) is 3.89. The topological polar surface area (TPSA) is 46.2 Å². The first kappa shape index (κ1) is 18.3. The lowest BCUT2D eigenvalue weighted by Gasteiger charge is -2.33. The van der Waals surface area contributed by atoms with Crippen LogP contribution in [0.5, 0.6) is 0 Å². The van der Waals surface area contributed by atoms with E-state index in [0.29, 0.717) is 30.9 Å². The highest BCUT2D eigenvalue weighted by molar-refractivity contribution is 5.30. The van der Waals surface area contributed by atoms with Crippen LogP contribution in [0.2, 0.25) is 0 Å². The van der Waals surface area contributed by atoms with Crippen LogP contribution in [-0.2, 0) is 11.8 Å². The summed E-state index contributed by atoms with van der Waals surface area (Å²) < 4.78 is 38.0. The first-order valence-corrected chi connectivity index (χ1v) is 8.24. The third-order valence-electron chi connectivity index (χ3n) is 5.40. The van der Waals surface area contributed by atoms with Crippen molar-refractivity contribution in [3.8, 4) is 0 Å². The van der Waals surface area contributed by atoms with E-state index in [1.54, 1.807) is 0 Å². The minimum Gasteiger partial charge on any atom is -0.385 e. The zero-order valence-electron chi connectivity index (χ0n) is 13.8. The van der Waals surface area contributed by atoms with Gasteiger partial charge in [0.25, 0.3) is 0 Å². The number of rotatable bonds is 5. The fourth-order valence-corrected chi connectivity index (χ4v) is 3.80. The molecule has 23 heavy (non-hydrogen) atoms. The van der Waals surface area contributed by atoms with E-state index < -0.39 is 17.3 Å². The summed E-state index contributed by atoms with van der Waals surface area (Å²) in [6.07, 6.45) is -0.471. The number of alkyl halides is 3. The van der Waals surface area contributed by atoms with E-state index >= 15 is 0 Å². The van der Waals surface area contributed by atoms with Crippen LogP contribution in [-0.4, -0.2) is 11.7 Å². The zero-order valence-corrected chi connectivity index (χ0v) is 13.8. The number of benzene rings is 1. The summed E-state index contributed by atoms with van der Waals surface area (Å²) in [5.74, 6) is 0.522. The van der Waals surface area contributed by atoms with Crippen molar-refractivity contribution in [3.63, 3.8) is 0 Å². The third-order valence-corrected chi connectivity index (χ3v) is 5.40. The van der Waals surface area contributed by atoms with Gasteiger partial charge in [0.05, 0.1) is 11.2 Å². The van der Waals surface area contributed by atoms with Gasteiger partial charge in [-0.25, -0.2) is 0 Å². The van der Waals surface area contributed by atoms with Gasteiger partial charge in [0.15, 0.2) is 0 Å². The second-order valence-corrected chi connectivity index (χ2v) is 7.21. The average molecular weight is 329 g/mol. The van der Waals surface area contributed by atoms with E-state index in [9.17, 15) is 18.3 Å². The lowest BCUT2D eigenvalue weighted by Crippen LogP contribution is -2.33. The molecule has 1 aliphatic carbocycles. The lowest BCUT2D eigenvalue weighted by molar-refractivity contribution is -0.137. The molecule has 0 bridgehead atoms. The van der Waals surface area contributed by atoms with Crippen molar-refractivity contribution < 1.29 is 18.3 Å². The van der Waals surface area contributed by atoms with E-state index in [1.807, 2.05) is 0 Å². The maximum absolute atomic E-state index is 12.7. The molecule has 1 aromatic carbocycles. The van der Waals surface area contributed by atoms with Gasteiger partial charge in [-0.3, -0.25) is 0 Å². The summed E-state index contributed by atoms with van der Waals surface area (Å²) in [5, 5.41) is 11.0. The van der Waals surface area contributed by atoms with E-state index in [4.69, 9.17) is 5.73 Å². The molecule has 5 heteroatoms. The Morgan fingerprint density at radius 2 is 1.83 bits per heavy atom. The van der Waals surface area contributed by atoms with Gasteiger partial charge in [-0.05, 0) is 61.3 Å². The molecule has 1 fully saturated rings. The van der Waals surface area contributed by atoms with E-state index in [0.717, 1.165) is 31.4 Å². The van der Waals surface area contributed by atoms with Crippen LogP contribution in [0.1, 0.15) is 57.1 Å². The number of aliphatic hydroxyl groups is 1. The molecule has 0 saturated heterocycles. The number of nitrogens with two attached hydrogens (primary N) is 1. The Bertz CT molecular complexity index is 528. The Morgan fingerprint density at radius 1 is 1.22 bits per heavy atom. The van der Waals surface area contributed by atoms with Crippen LogP contribution < -0.4 is 5.73 Å². The van der Waals surface area contributed by atoms with Crippen LogP contribution in [0.15, 0.2) is 24.3 Å². The van der Waals surface area contributed by atoms with Gasteiger partial charge in [-0.1, -0.05) is 32.4 Å². The fraction of sp³-hybridized carbons (Fsp3) is 0.667. The van der Waals surface area contributed by atoms with Crippen molar-refractivity contribution >= 4 is 0 Å². The Morgan fingerprint density at radius 3 is 2.30 bits per heavy atom. The molecule has 3 atom stereocenters. The van der Waals surface area contributed by atoms with E-state index in [-0.39, 0.29) is 5.41 Å². The van der Waals surface area contributed by atoms with Gasteiger partial charge in [0.2, 0.25) is 0 Å². The Kier molecular flexibility index (Phi) is 5.12. The van der Waals surface area contributed by atoms with Crippen LogP contribution in [0, 0.1) is 11.3 Å². The second kappa shape index (κ2) is 6.44. The highest BCUT2D eigenvalue weighted by atomic mass is 19.4. The predicted molar refractivity (Wildman–Crippen MR) is 84.8 cm³/mol. The van der Waals surface area contributed by atoms with Crippen LogP contribution >= 0.6 is 0 Å². The molecular formula is C18H26F3NO. The number of halogens is 3. The minimum absolute atomic E-state index is 0.118. The molecular weight excluding hydrogens is 303 g/mol. The molecule has 1 aliphatic rings. The van der Waals surface area contributed by atoms with Gasteiger partial charge in [-0.15, -0.1) is 0 Å². The summed E-state index contributed by atoms with van der Waals surface area (Å²) in [6, 6.07) is 4.90. The zero-order chi connectivity index (χ0) is 17.3. The SMILES string of the molecule is CCC(C)CC1(CN)CCC(O)(c2ccc(C(F)(F)F)cc2)C1. The number of hydrogen-bond donors (Lipinski definition) is 2. The summed E-state index contributed by atoms with van der Waals surface area (Å²) in [6.45, 7) is 4.80. The highest BCUT2D eigenvalue weighted by Gasteiger charge is 2.47. The Labute approximate surface area is 135 Å². The largest absolute Gasteiger partial charge is 0.416 e. The summed E-state index contributed by atoms with van der Waals surface area (Å²) in [5.41, 5.74) is 4.67. The lowest BCUT2D eigenvalue weighted by atomic mass is 9.75. The van der Waals surface area contributed by atoms with Gasteiger partial charge in [-0.2, -0.15) is 13.2 Å². The molecule has 1 saturated carbocycles. The van der Waals surface area contributed by atoms with Crippen molar-refractivity contribution in [1.82, 2.24) is 0 Å². The molecule has 2 nitrogen and oxygen atoms in total. The van der Waals surface area contributed by atoms with Gasteiger partial charge in [0.1, 0.15) is 0 Å². The number of hydrogen-bond acceptors (Lipinski definition) is 2. The van der Waals surface area contributed by atoms with Gasteiger partial charge in [0, 0.05) is 0 Å². The molecule has 1 aromatic rings. The molecule has 0 heterocycles. The summed E-state index contributed by atoms with van der Waals surface area (Å²) in [4.78, 5) is 0. The van der Waals surface area contributed by atoms with Crippen LogP contribution in [0.3, 0.4) is 0 Å². The fourth-order valence-electron chi connectivity index (χ4n) is 3.80. The quantitative estimate of drug-likeness (QED) is 0.838. The smallest absolute Gasteiger partial charge is 0.385 e. The molecule has 130 valence electrons. The normalized spacial score (nSPS) is 29.7. The van der Waals surface area contributed by atoms with E-state index in [2.05, 4.69) is 13.8 Å². The monoisotopic (exact) mass is 329 g/mol. The molecule has 3 unspecified atom stereocenters. The van der Waals surface area contributed by atoms with E-state index in [1.165, 1.54) is 12.1 Å². The van der Waals surface area contributed by atoms with Crippen molar-refractivity contribution in [2.45, 2.75) is 57.7 Å². The molecule has 0 aromatic heterocycles. The minimum atomic E-state index is -4.35. The van der Waals surface area contributed by atoms with Crippen LogP contribution in [0.25, 0.3) is 0 Å². The van der Waals surface area contributed by atoms with Gasteiger partial charge >= 0.3 is 6.18 Å². The average Bonchev–Trinajstić information content (AvgIpc) is 2.85. The molecule has 0 spiro atoms. The van der Waals surface area contributed by atoms with Crippen molar-refractivity contribution in [2.24, 2.45) is 17.1 Å². The first-order chi connectivity index (χ1) is 10.6. The van der Waals surface area contributed by atoms with Gasteiger partial charge < -0.3 is 10.8 Å². The molecule has 2 rings (SSSR count). The second-order valence-electron chi connectivity index (χ2n) is 7.21. The van der Waals surface area contributed by atoms with Crippen molar-refractivity contribution in [1.29, 1.82) is 0 Å². The summed E-state index contributed by atoms with van der Waals surface area (Å²) in [7, 11) is 0. The predicted octanol–water partition coefficient (Wildman–Crippen LogP) is 4.46. The maximum Gasteiger partial charge on any atom is 0.416 e. The molecule has 3 N–H and O–H groups in total. The Hall–Kier alpha value is -1.07. The van der Waals surface area contributed by atoms with Crippen LogP contribution in [0.4, 0.5) is 13.2 Å². The molecule has 0 amide bonds. The van der Waals surface area contributed by atoms with Crippen molar-refractivity contribution in [2.75, 3.05) is 6.54 Å². The van der Waals surface area contributed by atoms with Crippen molar-refractivity contribution in [3.05, 3.63) is 35.4 Å². The molecule has 0 aliphatic heterocycles. The molecule has 0 radical (unpaired) electrons. The summed E-state index contributed by atoms with van der Waals surface area (Å²) >= 11 is 0. The first-order valence-electron chi connectivity index (χ1n) is 8.24.